The van der Waals surface area contributed by atoms with Gasteiger partial charge in [0, 0.05) is 57.0 Å². The number of rotatable bonds is 8. The van der Waals surface area contributed by atoms with Gasteiger partial charge in [-0.05, 0) is 44.4 Å². The SMILES string of the molecule is CN(CCN)Cc1cccc(-c2nc(NC3CCOCC3)c3c(n2)N(C2CC2)NC3)c1. The van der Waals surface area contributed by atoms with Crippen LogP contribution in [0.1, 0.15) is 36.8 Å². The van der Waals surface area contributed by atoms with Crippen LogP contribution in [0.15, 0.2) is 24.3 Å². The lowest BCUT2D eigenvalue weighted by molar-refractivity contribution is 0.0903. The number of nitrogens with zero attached hydrogens (tertiary/aromatic N) is 4. The fraction of sp³-hybridized carbons (Fsp3) is 0.565. The smallest absolute Gasteiger partial charge is 0.163 e. The zero-order valence-electron chi connectivity index (χ0n) is 18.3. The van der Waals surface area contributed by atoms with Crippen molar-refractivity contribution in [1.82, 2.24) is 20.3 Å². The van der Waals surface area contributed by atoms with Crippen molar-refractivity contribution in [2.45, 2.75) is 50.9 Å². The topological polar surface area (TPSA) is 91.6 Å². The van der Waals surface area contributed by atoms with E-state index in [9.17, 15) is 0 Å². The number of fused-ring (bicyclic) bond motifs is 1. The maximum atomic E-state index is 5.70. The molecule has 0 amide bonds. The molecule has 1 saturated carbocycles. The Kier molecular flexibility index (Phi) is 6.04. The predicted octanol–water partition coefficient (Wildman–Crippen LogP) is 2.11. The summed E-state index contributed by atoms with van der Waals surface area (Å²) in [5.74, 6) is 2.78. The summed E-state index contributed by atoms with van der Waals surface area (Å²) in [6.07, 6.45) is 4.46. The van der Waals surface area contributed by atoms with Gasteiger partial charge in [-0.25, -0.2) is 15.4 Å². The summed E-state index contributed by atoms with van der Waals surface area (Å²) >= 11 is 0. The number of hydrogen-bond donors (Lipinski definition) is 3. The fourth-order valence-corrected chi connectivity index (χ4v) is 4.41. The Bertz CT molecular complexity index is 911. The fourth-order valence-electron chi connectivity index (χ4n) is 4.41. The second-order valence-electron chi connectivity index (χ2n) is 8.89. The summed E-state index contributed by atoms with van der Waals surface area (Å²) in [6.45, 7) is 4.79. The molecule has 1 aromatic carbocycles. The lowest BCUT2D eigenvalue weighted by Crippen LogP contribution is -2.34. The Labute approximate surface area is 184 Å². The van der Waals surface area contributed by atoms with Crippen molar-refractivity contribution in [2.24, 2.45) is 5.73 Å². The Morgan fingerprint density at radius 1 is 1.23 bits per heavy atom. The summed E-state index contributed by atoms with van der Waals surface area (Å²) in [4.78, 5) is 12.3. The minimum absolute atomic E-state index is 0.395. The number of benzene rings is 1. The van der Waals surface area contributed by atoms with Gasteiger partial charge in [0.05, 0.1) is 5.56 Å². The first kappa shape index (κ1) is 20.6. The molecule has 2 fully saturated rings. The summed E-state index contributed by atoms with van der Waals surface area (Å²) in [6, 6.07) is 9.51. The molecule has 0 radical (unpaired) electrons. The number of hydrazine groups is 1. The van der Waals surface area contributed by atoms with Gasteiger partial charge in [-0.3, -0.25) is 5.01 Å². The molecule has 8 heteroatoms. The van der Waals surface area contributed by atoms with Crippen LogP contribution in [0.25, 0.3) is 11.4 Å². The molecule has 2 aliphatic heterocycles. The maximum Gasteiger partial charge on any atom is 0.163 e. The van der Waals surface area contributed by atoms with Gasteiger partial charge >= 0.3 is 0 Å². The van der Waals surface area contributed by atoms with E-state index in [0.29, 0.717) is 18.6 Å². The third-order valence-electron chi connectivity index (χ3n) is 6.26. The summed E-state index contributed by atoms with van der Waals surface area (Å²) in [7, 11) is 2.10. The minimum Gasteiger partial charge on any atom is -0.381 e. The van der Waals surface area contributed by atoms with Crippen molar-refractivity contribution >= 4 is 11.6 Å². The van der Waals surface area contributed by atoms with E-state index in [0.717, 1.165) is 68.7 Å². The molecule has 1 aromatic heterocycles. The second-order valence-corrected chi connectivity index (χ2v) is 8.89. The molecule has 166 valence electrons. The highest BCUT2D eigenvalue weighted by Gasteiger charge is 2.37. The van der Waals surface area contributed by atoms with Crippen LogP contribution in [0.5, 0.6) is 0 Å². The number of likely N-dealkylation sites (N-methyl/N-ethyl adjacent to an activating group) is 1. The van der Waals surface area contributed by atoms with Crippen LogP contribution in [0.3, 0.4) is 0 Å². The molecule has 3 aliphatic rings. The Hall–Kier alpha value is -2.26. The van der Waals surface area contributed by atoms with Crippen molar-refractivity contribution in [1.29, 1.82) is 0 Å². The number of nitrogens with one attached hydrogen (secondary N) is 2. The summed E-state index contributed by atoms with van der Waals surface area (Å²) in [5, 5.41) is 5.97. The molecule has 0 unspecified atom stereocenters. The highest BCUT2D eigenvalue weighted by molar-refractivity contribution is 5.69. The summed E-state index contributed by atoms with van der Waals surface area (Å²) < 4.78 is 5.54. The van der Waals surface area contributed by atoms with E-state index in [4.69, 9.17) is 20.4 Å². The van der Waals surface area contributed by atoms with Crippen LogP contribution in [0.2, 0.25) is 0 Å². The standard InChI is InChI=1S/C23H33N7O/c1-29(10-9-24)15-16-3-2-4-17(13-16)21-27-22(26-18-7-11-31-12-8-18)20-14-25-30(19-5-6-19)23(20)28-21/h2-4,13,18-19,25H,5-12,14-15,24H2,1H3,(H,26,27,28). The monoisotopic (exact) mass is 423 g/mol. The van der Waals surface area contributed by atoms with E-state index in [1.165, 1.54) is 24.0 Å². The number of ether oxygens (including phenoxy) is 1. The normalized spacial score (nSPS) is 19.1. The van der Waals surface area contributed by atoms with Crippen molar-refractivity contribution < 1.29 is 4.74 Å². The maximum absolute atomic E-state index is 5.70. The Morgan fingerprint density at radius 3 is 2.84 bits per heavy atom. The van der Waals surface area contributed by atoms with Crippen LogP contribution in [-0.4, -0.2) is 60.3 Å². The zero-order valence-corrected chi connectivity index (χ0v) is 18.3. The van der Waals surface area contributed by atoms with Crippen molar-refractivity contribution in [3.63, 3.8) is 0 Å². The van der Waals surface area contributed by atoms with E-state index in [1.54, 1.807) is 0 Å². The van der Waals surface area contributed by atoms with Crippen LogP contribution >= 0.6 is 0 Å². The van der Waals surface area contributed by atoms with E-state index < -0.39 is 0 Å². The largest absolute Gasteiger partial charge is 0.381 e. The quantitative estimate of drug-likeness (QED) is 0.595. The van der Waals surface area contributed by atoms with Crippen LogP contribution < -0.4 is 21.5 Å². The first-order valence-corrected chi connectivity index (χ1v) is 11.5. The van der Waals surface area contributed by atoms with Crippen LogP contribution in [0.4, 0.5) is 11.6 Å². The minimum atomic E-state index is 0.395. The lowest BCUT2D eigenvalue weighted by atomic mass is 10.1. The van der Waals surface area contributed by atoms with Gasteiger partial charge in [0.25, 0.3) is 0 Å². The van der Waals surface area contributed by atoms with Gasteiger partial charge in [0.15, 0.2) is 11.6 Å². The van der Waals surface area contributed by atoms with Gasteiger partial charge in [0.1, 0.15) is 5.82 Å². The third-order valence-corrected chi connectivity index (χ3v) is 6.26. The van der Waals surface area contributed by atoms with Crippen LogP contribution in [-0.2, 0) is 17.8 Å². The molecular formula is C23H33N7O. The van der Waals surface area contributed by atoms with Gasteiger partial charge in [-0.1, -0.05) is 18.2 Å². The summed E-state index contributed by atoms with van der Waals surface area (Å²) in [5.41, 5.74) is 12.7. The Balaban J connectivity index is 1.47. The van der Waals surface area contributed by atoms with Crippen LogP contribution in [0, 0.1) is 0 Å². The second kappa shape index (κ2) is 9.08. The van der Waals surface area contributed by atoms with Crippen molar-refractivity contribution in [2.75, 3.05) is 43.7 Å². The molecule has 0 atom stereocenters. The van der Waals surface area contributed by atoms with E-state index >= 15 is 0 Å². The number of aromatic nitrogens is 2. The highest BCUT2D eigenvalue weighted by Crippen LogP contribution is 2.38. The third kappa shape index (κ3) is 4.67. The molecule has 0 bridgehead atoms. The van der Waals surface area contributed by atoms with Gasteiger partial charge in [0.2, 0.25) is 0 Å². The first-order chi connectivity index (χ1) is 15.2. The number of hydrogen-bond acceptors (Lipinski definition) is 8. The van der Waals surface area contributed by atoms with Gasteiger partial charge < -0.3 is 20.7 Å². The molecule has 1 saturated heterocycles. The van der Waals surface area contributed by atoms with Crippen molar-refractivity contribution in [3.8, 4) is 11.4 Å². The van der Waals surface area contributed by atoms with E-state index in [2.05, 4.69) is 52.0 Å². The number of anilines is 2. The van der Waals surface area contributed by atoms with E-state index in [-0.39, 0.29) is 0 Å². The molecule has 31 heavy (non-hydrogen) atoms. The molecule has 5 rings (SSSR count). The molecular weight excluding hydrogens is 390 g/mol. The lowest BCUT2D eigenvalue weighted by Gasteiger charge is -2.25. The highest BCUT2D eigenvalue weighted by atomic mass is 16.5. The van der Waals surface area contributed by atoms with Gasteiger partial charge in [-0.15, -0.1) is 0 Å². The number of nitrogens with two attached hydrogens (primary N) is 1. The molecule has 2 aromatic rings. The van der Waals surface area contributed by atoms with Crippen molar-refractivity contribution in [3.05, 3.63) is 35.4 Å². The first-order valence-electron chi connectivity index (χ1n) is 11.5. The average molecular weight is 424 g/mol. The zero-order chi connectivity index (χ0) is 21.2. The van der Waals surface area contributed by atoms with Gasteiger partial charge in [-0.2, -0.15) is 0 Å². The van der Waals surface area contributed by atoms with E-state index in [1.807, 2.05) is 0 Å². The molecule has 1 aliphatic carbocycles. The molecule has 4 N–H and O–H groups in total. The predicted molar refractivity (Wildman–Crippen MR) is 123 cm³/mol. The average Bonchev–Trinajstić information content (AvgIpc) is 3.53. The molecule has 0 spiro atoms. The Morgan fingerprint density at radius 2 is 2.06 bits per heavy atom. The molecule has 8 nitrogen and oxygen atoms in total. The molecule has 3 heterocycles.